The number of aliphatic hydroxyl groups excluding tert-OH is 1. The molecule has 0 bridgehead atoms. The first kappa shape index (κ1) is 15.1. The predicted octanol–water partition coefficient (Wildman–Crippen LogP) is 3.49. The molecule has 1 heterocycles. The Labute approximate surface area is 126 Å². The maximum Gasteiger partial charge on any atom is 0.180 e. The van der Waals surface area contributed by atoms with Crippen molar-refractivity contribution in [2.45, 2.75) is 27.1 Å². The molecule has 0 amide bonds. The number of aliphatic hydroxyl groups is 1. The first-order valence-corrected chi connectivity index (χ1v) is 7.27. The molecule has 1 aromatic carbocycles. The van der Waals surface area contributed by atoms with E-state index in [-0.39, 0.29) is 6.61 Å². The van der Waals surface area contributed by atoms with Crippen LogP contribution in [0, 0.1) is 13.8 Å². The summed E-state index contributed by atoms with van der Waals surface area (Å²) in [7, 11) is 1.54. The van der Waals surface area contributed by atoms with Gasteiger partial charge < -0.3 is 14.6 Å². The smallest absolute Gasteiger partial charge is 0.180 e. The number of aromatic nitrogens is 1. The molecule has 0 radical (unpaired) electrons. The van der Waals surface area contributed by atoms with Gasteiger partial charge in [-0.05, 0) is 31.5 Å². The van der Waals surface area contributed by atoms with Crippen molar-refractivity contribution in [3.05, 3.63) is 38.3 Å². The SMILES string of the molecule is COc1cc(CO)cc(Cl)c1OCc1nc(C)c(C)s1. The normalized spacial score (nSPS) is 10.7. The molecule has 0 aliphatic rings. The highest BCUT2D eigenvalue weighted by Crippen LogP contribution is 2.37. The third-order valence-corrected chi connectivity index (χ3v) is 4.21. The maximum atomic E-state index is 9.15. The largest absolute Gasteiger partial charge is 0.493 e. The lowest BCUT2D eigenvalue weighted by molar-refractivity contribution is 0.274. The molecule has 2 rings (SSSR count). The number of nitrogens with zero attached hydrogens (tertiary/aromatic N) is 1. The molecule has 0 fully saturated rings. The van der Waals surface area contributed by atoms with Gasteiger partial charge in [0.15, 0.2) is 11.5 Å². The Bertz CT molecular complexity index is 593. The zero-order valence-electron chi connectivity index (χ0n) is 11.6. The monoisotopic (exact) mass is 313 g/mol. The van der Waals surface area contributed by atoms with Crippen molar-refractivity contribution in [2.75, 3.05) is 7.11 Å². The van der Waals surface area contributed by atoms with Crippen molar-refractivity contribution < 1.29 is 14.6 Å². The van der Waals surface area contributed by atoms with Crippen LogP contribution in [0.15, 0.2) is 12.1 Å². The summed E-state index contributed by atoms with van der Waals surface area (Å²) in [5.74, 6) is 0.975. The first-order valence-electron chi connectivity index (χ1n) is 6.08. The van der Waals surface area contributed by atoms with Gasteiger partial charge in [0.05, 0.1) is 24.4 Å². The Hall–Kier alpha value is -1.30. The first-order chi connectivity index (χ1) is 9.55. The van der Waals surface area contributed by atoms with E-state index < -0.39 is 0 Å². The van der Waals surface area contributed by atoms with Gasteiger partial charge in [0.2, 0.25) is 0 Å². The van der Waals surface area contributed by atoms with Gasteiger partial charge in [0.1, 0.15) is 11.6 Å². The van der Waals surface area contributed by atoms with Crippen molar-refractivity contribution in [1.29, 1.82) is 0 Å². The van der Waals surface area contributed by atoms with Gasteiger partial charge in [-0.1, -0.05) is 11.6 Å². The number of benzene rings is 1. The molecule has 0 saturated heterocycles. The van der Waals surface area contributed by atoms with Crippen LogP contribution in [0.4, 0.5) is 0 Å². The maximum absolute atomic E-state index is 9.15. The second-order valence-electron chi connectivity index (χ2n) is 4.31. The van der Waals surface area contributed by atoms with Crippen molar-refractivity contribution in [2.24, 2.45) is 0 Å². The van der Waals surface area contributed by atoms with Gasteiger partial charge in [-0.3, -0.25) is 0 Å². The van der Waals surface area contributed by atoms with Crippen molar-refractivity contribution >= 4 is 22.9 Å². The van der Waals surface area contributed by atoms with Crippen LogP contribution >= 0.6 is 22.9 Å². The highest BCUT2D eigenvalue weighted by atomic mass is 35.5. The number of thiazole rings is 1. The summed E-state index contributed by atoms with van der Waals surface area (Å²) in [5.41, 5.74) is 1.70. The summed E-state index contributed by atoms with van der Waals surface area (Å²) in [6, 6.07) is 3.37. The lowest BCUT2D eigenvalue weighted by Crippen LogP contribution is -1.99. The van der Waals surface area contributed by atoms with Crippen LogP contribution in [0.5, 0.6) is 11.5 Å². The number of rotatable bonds is 5. The minimum atomic E-state index is -0.0960. The second-order valence-corrected chi connectivity index (χ2v) is 6.00. The number of aryl methyl sites for hydroxylation is 2. The predicted molar refractivity (Wildman–Crippen MR) is 79.8 cm³/mol. The summed E-state index contributed by atoms with van der Waals surface area (Å²) >= 11 is 7.76. The van der Waals surface area contributed by atoms with Crippen LogP contribution in [-0.4, -0.2) is 17.2 Å². The number of hydrogen-bond acceptors (Lipinski definition) is 5. The standard InChI is InChI=1S/C14H16ClNO3S/c1-8-9(2)20-13(16-8)7-19-14-11(15)4-10(6-17)5-12(14)18-3/h4-5,17H,6-7H2,1-3H3. The molecule has 0 spiro atoms. The fourth-order valence-corrected chi connectivity index (χ4v) is 2.87. The summed E-state index contributed by atoms with van der Waals surface area (Å²) in [5, 5.41) is 10.5. The van der Waals surface area contributed by atoms with Gasteiger partial charge in [-0.2, -0.15) is 0 Å². The fourth-order valence-electron chi connectivity index (χ4n) is 1.74. The average Bonchev–Trinajstić information content (AvgIpc) is 2.75. The second kappa shape index (κ2) is 6.43. The van der Waals surface area contributed by atoms with E-state index in [2.05, 4.69) is 4.98 Å². The zero-order valence-corrected chi connectivity index (χ0v) is 13.1. The minimum absolute atomic E-state index is 0.0960. The van der Waals surface area contributed by atoms with E-state index in [0.29, 0.717) is 28.7 Å². The summed E-state index contributed by atoms with van der Waals surface area (Å²) in [6.45, 7) is 4.24. The molecule has 0 atom stereocenters. The van der Waals surface area contributed by atoms with Crippen molar-refractivity contribution in [3.63, 3.8) is 0 Å². The van der Waals surface area contributed by atoms with E-state index in [1.165, 1.54) is 12.0 Å². The number of ether oxygens (including phenoxy) is 2. The summed E-state index contributed by atoms with van der Waals surface area (Å²) < 4.78 is 11.0. The topological polar surface area (TPSA) is 51.6 Å². The molecule has 1 aromatic heterocycles. The minimum Gasteiger partial charge on any atom is -0.493 e. The third kappa shape index (κ3) is 3.23. The zero-order chi connectivity index (χ0) is 14.7. The Morgan fingerprint density at radius 3 is 2.65 bits per heavy atom. The van der Waals surface area contributed by atoms with Crippen LogP contribution in [-0.2, 0) is 13.2 Å². The Balaban J connectivity index is 2.20. The molecule has 0 saturated carbocycles. The summed E-state index contributed by atoms with van der Waals surface area (Å²) in [4.78, 5) is 5.59. The third-order valence-electron chi connectivity index (χ3n) is 2.88. The van der Waals surface area contributed by atoms with Gasteiger partial charge in [0.25, 0.3) is 0 Å². The van der Waals surface area contributed by atoms with Crippen LogP contribution in [0.1, 0.15) is 21.1 Å². The molecule has 2 aromatic rings. The molecule has 0 aliphatic carbocycles. The molecule has 0 unspecified atom stereocenters. The van der Waals surface area contributed by atoms with E-state index in [1.807, 2.05) is 13.8 Å². The highest BCUT2D eigenvalue weighted by molar-refractivity contribution is 7.11. The van der Waals surface area contributed by atoms with E-state index in [4.69, 9.17) is 26.2 Å². The van der Waals surface area contributed by atoms with E-state index in [0.717, 1.165) is 10.7 Å². The highest BCUT2D eigenvalue weighted by Gasteiger charge is 2.13. The van der Waals surface area contributed by atoms with E-state index >= 15 is 0 Å². The lowest BCUT2D eigenvalue weighted by atomic mass is 10.2. The molecule has 0 aliphatic heterocycles. The molecule has 4 nitrogen and oxygen atoms in total. The Kier molecular flexibility index (Phi) is 4.86. The van der Waals surface area contributed by atoms with E-state index in [1.54, 1.807) is 23.5 Å². The molecule has 1 N–H and O–H groups in total. The van der Waals surface area contributed by atoms with Gasteiger partial charge in [-0.15, -0.1) is 11.3 Å². The van der Waals surface area contributed by atoms with Crippen molar-refractivity contribution in [1.82, 2.24) is 4.98 Å². The number of methoxy groups -OCH3 is 1. The molecule has 20 heavy (non-hydrogen) atoms. The fraction of sp³-hybridized carbons (Fsp3) is 0.357. The molecular weight excluding hydrogens is 298 g/mol. The van der Waals surface area contributed by atoms with Gasteiger partial charge in [-0.25, -0.2) is 4.98 Å². The Morgan fingerprint density at radius 2 is 2.10 bits per heavy atom. The Morgan fingerprint density at radius 1 is 1.35 bits per heavy atom. The van der Waals surface area contributed by atoms with Crippen LogP contribution in [0.2, 0.25) is 5.02 Å². The quantitative estimate of drug-likeness (QED) is 0.918. The van der Waals surface area contributed by atoms with Crippen LogP contribution < -0.4 is 9.47 Å². The average molecular weight is 314 g/mol. The molecular formula is C14H16ClNO3S. The van der Waals surface area contributed by atoms with Crippen molar-refractivity contribution in [3.8, 4) is 11.5 Å². The van der Waals surface area contributed by atoms with Gasteiger partial charge >= 0.3 is 0 Å². The molecule has 6 heteroatoms. The summed E-state index contributed by atoms with van der Waals surface area (Å²) in [6.07, 6.45) is 0. The number of hydrogen-bond donors (Lipinski definition) is 1. The molecule has 108 valence electrons. The number of halogens is 1. The lowest BCUT2D eigenvalue weighted by Gasteiger charge is -2.12. The van der Waals surface area contributed by atoms with Crippen LogP contribution in [0.3, 0.4) is 0 Å². The van der Waals surface area contributed by atoms with Crippen LogP contribution in [0.25, 0.3) is 0 Å². The van der Waals surface area contributed by atoms with E-state index in [9.17, 15) is 0 Å². The van der Waals surface area contributed by atoms with Gasteiger partial charge in [0, 0.05) is 4.88 Å².